The maximum atomic E-state index is 12.6. The largest absolute Gasteiger partial charge is 0.478 e. The molecule has 0 aromatic heterocycles. The molecule has 1 atom stereocenters. The van der Waals surface area contributed by atoms with E-state index in [1.165, 1.54) is 0 Å². The van der Waals surface area contributed by atoms with E-state index in [1.54, 1.807) is 12.1 Å². The first kappa shape index (κ1) is 23.5. The third-order valence-electron chi connectivity index (χ3n) is 5.92. The third-order valence-corrected chi connectivity index (χ3v) is 5.92. The summed E-state index contributed by atoms with van der Waals surface area (Å²) in [7, 11) is 0. The fourth-order valence-corrected chi connectivity index (χ4v) is 4.08. The van der Waals surface area contributed by atoms with Gasteiger partial charge in [0.1, 0.15) is 11.5 Å². The Morgan fingerprint density at radius 2 is 1.62 bits per heavy atom. The molecule has 1 unspecified atom stereocenters. The normalized spacial score (nSPS) is 16.7. The van der Waals surface area contributed by atoms with Crippen LogP contribution in [0.3, 0.4) is 0 Å². The predicted octanol–water partition coefficient (Wildman–Crippen LogP) is 4.32. The Labute approximate surface area is 199 Å². The van der Waals surface area contributed by atoms with Crippen LogP contribution in [0, 0.1) is 0 Å². The first-order valence-electron chi connectivity index (χ1n) is 11.4. The summed E-state index contributed by atoms with van der Waals surface area (Å²) in [5.41, 5.74) is 2.12. The molecular formula is C27H29N3O4. The number of carbonyl (C=O) groups is 2. The molecule has 7 heteroatoms. The number of benzene rings is 3. The lowest BCUT2D eigenvalue weighted by Gasteiger charge is -2.39. The molecule has 1 saturated heterocycles. The number of ether oxygens (including phenoxy) is 1. The van der Waals surface area contributed by atoms with Crippen molar-refractivity contribution in [1.29, 1.82) is 0 Å². The molecule has 3 aromatic carbocycles. The Kier molecular flexibility index (Phi) is 7.57. The van der Waals surface area contributed by atoms with Gasteiger partial charge in [0.05, 0.1) is 12.1 Å². The highest BCUT2D eigenvalue weighted by atomic mass is 16.5. The second-order valence-electron chi connectivity index (χ2n) is 8.54. The van der Waals surface area contributed by atoms with E-state index >= 15 is 0 Å². The lowest BCUT2D eigenvalue weighted by Crippen LogP contribution is -2.53. The summed E-state index contributed by atoms with van der Waals surface area (Å²) in [6.45, 7) is 5.73. The molecule has 0 radical (unpaired) electrons. The summed E-state index contributed by atoms with van der Waals surface area (Å²) in [6.07, 6.45) is 0. The summed E-state index contributed by atoms with van der Waals surface area (Å²) in [5.74, 6) is 0.529. The molecule has 1 aliphatic rings. The minimum absolute atomic E-state index is 0.0405. The summed E-state index contributed by atoms with van der Waals surface area (Å²) in [4.78, 5) is 28.1. The summed E-state index contributed by atoms with van der Waals surface area (Å²) >= 11 is 0. The standard InChI is InChI=1S/C27H29N3O4/c1-20-17-29(18-21-7-9-22(10-8-21)27(32)33)15-16-30(20)19-26(31)28-23-11-13-25(14-12-23)34-24-5-3-2-4-6-24/h2-14,20H,15-19H2,1H3,(H,28,31)(H,32,33). The molecule has 1 heterocycles. The van der Waals surface area contributed by atoms with Crippen molar-refractivity contribution >= 4 is 17.6 Å². The number of nitrogens with one attached hydrogen (secondary N) is 1. The molecule has 4 rings (SSSR count). The number of hydrogen-bond donors (Lipinski definition) is 2. The molecule has 1 fully saturated rings. The number of anilines is 1. The number of nitrogens with zero attached hydrogens (tertiary/aromatic N) is 2. The number of aromatic carboxylic acids is 1. The van der Waals surface area contributed by atoms with Crippen LogP contribution in [-0.2, 0) is 11.3 Å². The number of carboxylic acids is 1. The van der Waals surface area contributed by atoms with Gasteiger partial charge >= 0.3 is 5.97 Å². The predicted molar refractivity (Wildman–Crippen MR) is 131 cm³/mol. The summed E-state index contributed by atoms with van der Waals surface area (Å²) < 4.78 is 5.79. The molecule has 34 heavy (non-hydrogen) atoms. The van der Waals surface area contributed by atoms with Crippen molar-refractivity contribution in [3.63, 3.8) is 0 Å². The Balaban J connectivity index is 1.23. The fraction of sp³-hybridized carbons (Fsp3) is 0.259. The number of carbonyl (C=O) groups excluding carboxylic acids is 1. The smallest absolute Gasteiger partial charge is 0.335 e. The number of hydrogen-bond acceptors (Lipinski definition) is 5. The van der Waals surface area contributed by atoms with Crippen LogP contribution in [0.2, 0.25) is 0 Å². The first-order chi connectivity index (χ1) is 16.5. The number of para-hydroxylation sites is 1. The molecule has 176 valence electrons. The van der Waals surface area contributed by atoms with Crippen molar-refractivity contribution in [1.82, 2.24) is 9.80 Å². The highest BCUT2D eigenvalue weighted by Crippen LogP contribution is 2.22. The first-order valence-corrected chi connectivity index (χ1v) is 11.4. The van der Waals surface area contributed by atoms with Crippen LogP contribution in [0.1, 0.15) is 22.8 Å². The zero-order valence-corrected chi connectivity index (χ0v) is 19.2. The van der Waals surface area contributed by atoms with Gasteiger partial charge in [-0.15, -0.1) is 0 Å². The van der Waals surface area contributed by atoms with E-state index in [0.717, 1.165) is 43.2 Å². The molecule has 1 aliphatic heterocycles. The van der Waals surface area contributed by atoms with Crippen LogP contribution >= 0.6 is 0 Å². The number of rotatable bonds is 8. The van der Waals surface area contributed by atoms with Crippen molar-refractivity contribution in [2.24, 2.45) is 0 Å². The van der Waals surface area contributed by atoms with Gasteiger partial charge in [-0.1, -0.05) is 30.3 Å². The molecule has 0 aliphatic carbocycles. The maximum Gasteiger partial charge on any atom is 0.335 e. The van der Waals surface area contributed by atoms with Gasteiger partial charge in [0.25, 0.3) is 0 Å². The third kappa shape index (κ3) is 6.43. The molecule has 1 amide bonds. The Hall–Kier alpha value is -3.68. The van der Waals surface area contributed by atoms with Gasteiger partial charge in [-0.05, 0) is 61.0 Å². The maximum absolute atomic E-state index is 12.6. The van der Waals surface area contributed by atoms with Gasteiger partial charge in [0.2, 0.25) is 5.91 Å². The number of amides is 1. The van der Waals surface area contributed by atoms with E-state index in [-0.39, 0.29) is 11.9 Å². The van der Waals surface area contributed by atoms with Crippen LogP contribution in [0.4, 0.5) is 5.69 Å². The molecule has 0 saturated carbocycles. The van der Waals surface area contributed by atoms with E-state index in [0.29, 0.717) is 17.9 Å². The molecule has 2 N–H and O–H groups in total. The van der Waals surface area contributed by atoms with E-state index in [2.05, 4.69) is 22.0 Å². The molecule has 3 aromatic rings. The lowest BCUT2D eigenvalue weighted by molar-refractivity contribution is -0.118. The van der Waals surface area contributed by atoms with Crippen LogP contribution in [-0.4, -0.2) is 59.0 Å². The van der Waals surface area contributed by atoms with E-state index in [4.69, 9.17) is 9.84 Å². The number of piperazine rings is 1. The minimum Gasteiger partial charge on any atom is -0.478 e. The highest BCUT2D eigenvalue weighted by Gasteiger charge is 2.25. The quantitative estimate of drug-likeness (QED) is 0.522. The van der Waals surface area contributed by atoms with Crippen molar-refractivity contribution in [2.45, 2.75) is 19.5 Å². The summed E-state index contributed by atoms with van der Waals surface area (Å²) in [5, 5.41) is 12.0. The van der Waals surface area contributed by atoms with E-state index in [9.17, 15) is 9.59 Å². The monoisotopic (exact) mass is 459 g/mol. The van der Waals surface area contributed by atoms with Gasteiger partial charge in [-0.25, -0.2) is 4.79 Å². The number of carboxylic acid groups (broad SMARTS) is 1. The second-order valence-corrected chi connectivity index (χ2v) is 8.54. The van der Waals surface area contributed by atoms with Crippen molar-refractivity contribution in [3.05, 3.63) is 90.0 Å². The molecular weight excluding hydrogens is 430 g/mol. The van der Waals surface area contributed by atoms with Crippen LogP contribution in [0.15, 0.2) is 78.9 Å². The van der Waals surface area contributed by atoms with Gasteiger partial charge in [-0.2, -0.15) is 0 Å². The highest BCUT2D eigenvalue weighted by molar-refractivity contribution is 5.92. The topological polar surface area (TPSA) is 82.1 Å². The van der Waals surface area contributed by atoms with Crippen molar-refractivity contribution in [3.8, 4) is 11.5 Å². The molecule has 7 nitrogen and oxygen atoms in total. The zero-order valence-electron chi connectivity index (χ0n) is 19.2. The van der Waals surface area contributed by atoms with Crippen LogP contribution in [0.25, 0.3) is 0 Å². The Morgan fingerprint density at radius 1 is 0.941 bits per heavy atom. The van der Waals surface area contributed by atoms with Gasteiger partial charge in [0.15, 0.2) is 0 Å². The average Bonchev–Trinajstić information content (AvgIpc) is 2.83. The van der Waals surface area contributed by atoms with Crippen molar-refractivity contribution in [2.75, 3.05) is 31.5 Å². The average molecular weight is 460 g/mol. The Morgan fingerprint density at radius 3 is 2.26 bits per heavy atom. The SMILES string of the molecule is CC1CN(Cc2ccc(C(=O)O)cc2)CCN1CC(=O)Nc1ccc(Oc2ccccc2)cc1. The second kappa shape index (κ2) is 11.0. The zero-order chi connectivity index (χ0) is 23.9. The fourth-order valence-electron chi connectivity index (χ4n) is 4.08. The van der Waals surface area contributed by atoms with Gasteiger partial charge < -0.3 is 15.2 Å². The van der Waals surface area contributed by atoms with Gasteiger partial charge in [0, 0.05) is 37.9 Å². The van der Waals surface area contributed by atoms with E-state index < -0.39 is 5.97 Å². The summed E-state index contributed by atoms with van der Waals surface area (Å²) in [6, 6.07) is 24.2. The van der Waals surface area contributed by atoms with Crippen LogP contribution < -0.4 is 10.1 Å². The lowest BCUT2D eigenvalue weighted by atomic mass is 10.1. The van der Waals surface area contributed by atoms with Gasteiger partial charge in [-0.3, -0.25) is 14.6 Å². The van der Waals surface area contributed by atoms with E-state index in [1.807, 2.05) is 66.7 Å². The molecule has 0 bridgehead atoms. The van der Waals surface area contributed by atoms with Crippen molar-refractivity contribution < 1.29 is 19.4 Å². The van der Waals surface area contributed by atoms with Crippen LogP contribution in [0.5, 0.6) is 11.5 Å². The minimum atomic E-state index is -0.913. The Bertz CT molecular complexity index is 1100. The molecule has 0 spiro atoms.